The normalized spacial score (nSPS) is 15.1. The van der Waals surface area contributed by atoms with Crippen molar-refractivity contribution in [1.29, 1.82) is 0 Å². The maximum atomic E-state index is 5.83. The Morgan fingerprint density at radius 2 is 1.97 bits per heavy atom. The summed E-state index contributed by atoms with van der Waals surface area (Å²) in [5.74, 6) is 2.99. The third-order valence-corrected chi connectivity index (χ3v) is 4.91. The summed E-state index contributed by atoms with van der Waals surface area (Å²) in [6, 6.07) is 5.97. The van der Waals surface area contributed by atoms with Crippen molar-refractivity contribution < 1.29 is 18.9 Å². The van der Waals surface area contributed by atoms with Crippen LogP contribution in [0.1, 0.15) is 45.1 Å². The summed E-state index contributed by atoms with van der Waals surface area (Å²) in [4.78, 5) is 4.69. The fourth-order valence-electron chi connectivity index (χ4n) is 3.20. The van der Waals surface area contributed by atoms with Crippen molar-refractivity contribution in [2.24, 2.45) is 10.9 Å². The zero-order valence-electron chi connectivity index (χ0n) is 18.9. The Bertz CT molecular complexity index is 618. The molecule has 0 spiro atoms. The van der Waals surface area contributed by atoms with Crippen molar-refractivity contribution in [2.45, 2.75) is 46.1 Å². The van der Waals surface area contributed by atoms with Crippen LogP contribution in [-0.2, 0) is 16.0 Å². The fraction of sp³-hybridized carbons (Fsp3) is 0.696. The molecule has 7 heteroatoms. The summed E-state index contributed by atoms with van der Waals surface area (Å²) in [6.45, 7) is 10.4. The maximum Gasteiger partial charge on any atom is 0.191 e. The third kappa shape index (κ3) is 9.22. The number of hydrogen-bond acceptors (Lipinski definition) is 5. The van der Waals surface area contributed by atoms with Gasteiger partial charge in [0.15, 0.2) is 17.5 Å². The summed E-state index contributed by atoms with van der Waals surface area (Å²) < 4.78 is 22.4. The lowest BCUT2D eigenvalue weighted by Gasteiger charge is -2.21. The van der Waals surface area contributed by atoms with Gasteiger partial charge in [-0.15, -0.1) is 0 Å². The molecule has 1 aliphatic rings. The highest BCUT2D eigenvalue weighted by molar-refractivity contribution is 5.79. The Balaban J connectivity index is 1.73. The highest BCUT2D eigenvalue weighted by atomic mass is 16.5. The molecule has 0 bridgehead atoms. The second kappa shape index (κ2) is 14.9. The molecule has 30 heavy (non-hydrogen) atoms. The molecule has 2 N–H and O–H groups in total. The molecular weight excluding hydrogens is 382 g/mol. The first-order valence-corrected chi connectivity index (χ1v) is 11.2. The van der Waals surface area contributed by atoms with Gasteiger partial charge in [0.25, 0.3) is 0 Å². The van der Waals surface area contributed by atoms with E-state index in [2.05, 4.69) is 29.5 Å². The lowest BCUT2D eigenvalue weighted by atomic mass is 10.0. The van der Waals surface area contributed by atoms with E-state index in [-0.39, 0.29) is 0 Å². The molecule has 0 aliphatic carbocycles. The molecule has 0 aromatic heterocycles. The molecule has 0 unspecified atom stereocenters. The number of ether oxygens (including phenoxy) is 4. The van der Waals surface area contributed by atoms with Gasteiger partial charge in [0.2, 0.25) is 0 Å². The van der Waals surface area contributed by atoms with Crippen LogP contribution < -0.4 is 20.1 Å². The predicted octanol–water partition coefficient (Wildman–Crippen LogP) is 3.37. The van der Waals surface area contributed by atoms with E-state index in [1.165, 1.54) is 0 Å². The van der Waals surface area contributed by atoms with Gasteiger partial charge in [-0.2, -0.15) is 0 Å². The van der Waals surface area contributed by atoms with E-state index in [0.717, 1.165) is 88.2 Å². The van der Waals surface area contributed by atoms with Crippen molar-refractivity contribution >= 4 is 5.96 Å². The zero-order valence-corrected chi connectivity index (χ0v) is 18.9. The summed E-state index contributed by atoms with van der Waals surface area (Å²) in [5, 5.41) is 6.67. The van der Waals surface area contributed by atoms with Crippen molar-refractivity contribution in [1.82, 2.24) is 10.6 Å². The number of hydrogen-bond donors (Lipinski definition) is 2. The standard InChI is InChI=1S/C23H39N3O4/c1-4-12-30-21-8-7-20(16-22(21)27-3)17-26-23(24-5-2)25-11-6-13-29-18-19-9-14-28-15-10-19/h7-8,16,19H,4-6,9-15,17-18H2,1-3H3,(H2,24,25,26). The smallest absolute Gasteiger partial charge is 0.191 e. The molecule has 1 aromatic carbocycles. The molecule has 1 saturated heterocycles. The number of guanidine groups is 1. The van der Waals surface area contributed by atoms with Crippen LogP contribution in [0.5, 0.6) is 11.5 Å². The van der Waals surface area contributed by atoms with Crippen LogP contribution in [0, 0.1) is 5.92 Å². The average molecular weight is 422 g/mol. The first-order valence-electron chi connectivity index (χ1n) is 11.2. The van der Waals surface area contributed by atoms with Crippen LogP contribution in [0.25, 0.3) is 0 Å². The number of nitrogens with one attached hydrogen (secondary N) is 2. The van der Waals surface area contributed by atoms with Crippen molar-refractivity contribution in [3.63, 3.8) is 0 Å². The van der Waals surface area contributed by atoms with Gasteiger partial charge >= 0.3 is 0 Å². The van der Waals surface area contributed by atoms with E-state index in [9.17, 15) is 0 Å². The number of benzene rings is 1. The van der Waals surface area contributed by atoms with Crippen molar-refractivity contribution in [3.05, 3.63) is 23.8 Å². The molecular formula is C23H39N3O4. The summed E-state index contributed by atoms with van der Waals surface area (Å²) >= 11 is 0. The molecule has 0 amide bonds. The van der Waals surface area contributed by atoms with Crippen LogP contribution >= 0.6 is 0 Å². The Morgan fingerprint density at radius 3 is 2.70 bits per heavy atom. The number of aliphatic imine (C=N–C) groups is 1. The summed E-state index contributed by atoms with van der Waals surface area (Å²) in [7, 11) is 1.66. The predicted molar refractivity (Wildman–Crippen MR) is 121 cm³/mol. The SMILES string of the molecule is CCCOc1ccc(CN=C(NCC)NCCCOCC2CCOCC2)cc1OC. The first-order chi connectivity index (χ1) is 14.8. The van der Waals surface area contributed by atoms with Gasteiger partial charge in [-0.25, -0.2) is 4.99 Å². The molecule has 7 nitrogen and oxygen atoms in total. The number of nitrogens with zero attached hydrogens (tertiary/aromatic N) is 1. The summed E-state index contributed by atoms with van der Waals surface area (Å²) in [5.41, 5.74) is 1.08. The minimum Gasteiger partial charge on any atom is -0.493 e. The maximum absolute atomic E-state index is 5.83. The fourth-order valence-corrected chi connectivity index (χ4v) is 3.20. The van der Waals surface area contributed by atoms with E-state index in [1.54, 1.807) is 7.11 Å². The second-order valence-corrected chi connectivity index (χ2v) is 7.44. The van der Waals surface area contributed by atoms with Gasteiger partial charge in [0.1, 0.15) is 0 Å². The number of methoxy groups -OCH3 is 1. The van der Waals surface area contributed by atoms with Crippen molar-refractivity contribution in [2.75, 3.05) is 53.2 Å². The number of rotatable bonds is 13. The highest BCUT2D eigenvalue weighted by Gasteiger charge is 2.13. The van der Waals surface area contributed by atoms with Crippen molar-refractivity contribution in [3.8, 4) is 11.5 Å². The van der Waals surface area contributed by atoms with E-state index >= 15 is 0 Å². The van der Waals surface area contributed by atoms with Gasteiger partial charge in [-0.1, -0.05) is 13.0 Å². The van der Waals surface area contributed by atoms with Gasteiger partial charge in [-0.3, -0.25) is 0 Å². The van der Waals surface area contributed by atoms with Crippen LogP contribution in [0.3, 0.4) is 0 Å². The second-order valence-electron chi connectivity index (χ2n) is 7.44. The monoisotopic (exact) mass is 421 g/mol. The first kappa shape index (κ1) is 24.3. The molecule has 0 radical (unpaired) electrons. The molecule has 2 rings (SSSR count). The van der Waals surface area contributed by atoms with E-state index in [1.807, 2.05) is 18.2 Å². The Labute approximate surface area is 181 Å². The molecule has 1 fully saturated rings. The minimum absolute atomic E-state index is 0.569. The van der Waals surface area contributed by atoms with Gasteiger partial charge in [0, 0.05) is 39.5 Å². The van der Waals surface area contributed by atoms with Gasteiger partial charge < -0.3 is 29.6 Å². The molecule has 1 heterocycles. The average Bonchev–Trinajstić information content (AvgIpc) is 2.79. The van der Waals surface area contributed by atoms with E-state index < -0.39 is 0 Å². The van der Waals surface area contributed by atoms with E-state index in [0.29, 0.717) is 19.1 Å². The molecule has 170 valence electrons. The molecule has 1 aromatic rings. The Hall–Kier alpha value is -1.99. The molecule has 0 saturated carbocycles. The third-order valence-electron chi connectivity index (χ3n) is 4.91. The minimum atomic E-state index is 0.569. The van der Waals surface area contributed by atoms with Gasteiger partial charge in [-0.05, 0) is 56.2 Å². The highest BCUT2D eigenvalue weighted by Crippen LogP contribution is 2.28. The van der Waals surface area contributed by atoms with Crippen LogP contribution in [0.15, 0.2) is 23.2 Å². The molecule has 1 aliphatic heterocycles. The quantitative estimate of drug-likeness (QED) is 0.289. The lowest BCUT2D eigenvalue weighted by molar-refractivity contribution is 0.0203. The van der Waals surface area contributed by atoms with Crippen LogP contribution in [-0.4, -0.2) is 59.2 Å². The van der Waals surface area contributed by atoms with Crippen LogP contribution in [0.4, 0.5) is 0 Å². The lowest BCUT2D eigenvalue weighted by Crippen LogP contribution is -2.38. The topological polar surface area (TPSA) is 73.3 Å². The summed E-state index contributed by atoms with van der Waals surface area (Å²) in [6.07, 6.45) is 4.15. The van der Waals surface area contributed by atoms with Gasteiger partial charge in [0.05, 0.1) is 20.3 Å². The zero-order chi connectivity index (χ0) is 21.4. The molecule has 0 atom stereocenters. The van der Waals surface area contributed by atoms with E-state index in [4.69, 9.17) is 18.9 Å². The van der Waals surface area contributed by atoms with Crippen LogP contribution in [0.2, 0.25) is 0 Å². The Morgan fingerprint density at radius 1 is 1.13 bits per heavy atom. The largest absolute Gasteiger partial charge is 0.493 e. The Kier molecular flexibility index (Phi) is 12.1.